The van der Waals surface area contributed by atoms with E-state index in [0.29, 0.717) is 5.17 Å². The molecule has 1 aromatic carbocycles. The quantitative estimate of drug-likeness (QED) is 0.800. The lowest BCUT2D eigenvalue weighted by molar-refractivity contribution is -0.115. The standard InChI is InChI=1S/C15H19N3O3S2/c1-10(19)16-15-18(12-6-4-11(5-7-12)17(2)3)13-8-23(20,21)9-14(13)22-15/h4-7,13-14H,8-9H2,1-3H3/t13-,14+/m0/s1. The third kappa shape index (κ3) is 3.23. The summed E-state index contributed by atoms with van der Waals surface area (Å²) in [6.45, 7) is 1.41. The first kappa shape index (κ1) is 16.3. The van der Waals surface area contributed by atoms with Gasteiger partial charge in [-0.1, -0.05) is 11.8 Å². The highest BCUT2D eigenvalue weighted by Crippen LogP contribution is 2.41. The van der Waals surface area contributed by atoms with Gasteiger partial charge in [0.05, 0.1) is 17.5 Å². The van der Waals surface area contributed by atoms with Crippen LogP contribution in [0.1, 0.15) is 6.92 Å². The van der Waals surface area contributed by atoms with Crippen molar-refractivity contribution >= 4 is 44.0 Å². The lowest BCUT2D eigenvalue weighted by atomic mass is 10.2. The number of fused-ring (bicyclic) bond motifs is 1. The molecule has 2 atom stereocenters. The lowest BCUT2D eigenvalue weighted by Crippen LogP contribution is -2.37. The van der Waals surface area contributed by atoms with Gasteiger partial charge in [0.15, 0.2) is 15.0 Å². The van der Waals surface area contributed by atoms with Crippen molar-refractivity contribution in [1.29, 1.82) is 0 Å². The largest absolute Gasteiger partial charge is 0.378 e. The smallest absolute Gasteiger partial charge is 0.244 e. The van der Waals surface area contributed by atoms with E-state index >= 15 is 0 Å². The predicted octanol–water partition coefficient (Wildman–Crippen LogP) is 1.37. The van der Waals surface area contributed by atoms with Gasteiger partial charge in [-0.25, -0.2) is 8.42 Å². The van der Waals surface area contributed by atoms with Crippen molar-refractivity contribution < 1.29 is 13.2 Å². The maximum Gasteiger partial charge on any atom is 0.244 e. The van der Waals surface area contributed by atoms with Crippen LogP contribution in [0.25, 0.3) is 0 Å². The summed E-state index contributed by atoms with van der Waals surface area (Å²) in [4.78, 5) is 19.4. The third-order valence-electron chi connectivity index (χ3n) is 3.96. The molecule has 23 heavy (non-hydrogen) atoms. The van der Waals surface area contributed by atoms with Crippen LogP contribution < -0.4 is 9.80 Å². The van der Waals surface area contributed by atoms with Crippen LogP contribution in [0.5, 0.6) is 0 Å². The number of benzene rings is 1. The third-order valence-corrected chi connectivity index (χ3v) is 7.17. The molecule has 2 saturated heterocycles. The SMILES string of the molecule is CC(=O)N=C1S[C@@H]2CS(=O)(=O)C[C@@H]2N1c1ccc(N(C)C)cc1. The van der Waals surface area contributed by atoms with E-state index in [1.807, 2.05) is 48.2 Å². The van der Waals surface area contributed by atoms with E-state index in [4.69, 9.17) is 0 Å². The van der Waals surface area contributed by atoms with E-state index in [0.717, 1.165) is 11.4 Å². The number of amides is 1. The molecule has 6 nitrogen and oxygen atoms in total. The first-order chi connectivity index (χ1) is 10.8. The van der Waals surface area contributed by atoms with Gasteiger partial charge in [0.2, 0.25) is 5.91 Å². The minimum absolute atomic E-state index is 0.0633. The second kappa shape index (κ2) is 5.83. The summed E-state index contributed by atoms with van der Waals surface area (Å²) in [5.41, 5.74) is 1.92. The highest BCUT2D eigenvalue weighted by atomic mass is 32.2. The van der Waals surface area contributed by atoms with Crippen LogP contribution >= 0.6 is 11.8 Å². The Labute approximate surface area is 140 Å². The Morgan fingerprint density at radius 3 is 2.48 bits per heavy atom. The van der Waals surface area contributed by atoms with Crippen LogP contribution in [-0.2, 0) is 14.6 Å². The molecule has 8 heteroatoms. The Morgan fingerprint density at radius 1 is 1.26 bits per heavy atom. The average Bonchev–Trinajstić information content (AvgIpc) is 2.89. The monoisotopic (exact) mass is 353 g/mol. The number of hydrogen-bond acceptors (Lipinski definition) is 5. The molecule has 0 N–H and O–H groups in total. The zero-order chi connectivity index (χ0) is 16.8. The van der Waals surface area contributed by atoms with Crippen molar-refractivity contribution in [3.05, 3.63) is 24.3 Å². The van der Waals surface area contributed by atoms with E-state index in [9.17, 15) is 13.2 Å². The second-order valence-corrected chi connectivity index (χ2v) is 9.35. The number of rotatable bonds is 2. The van der Waals surface area contributed by atoms with Crippen LogP contribution in [0.15, 0.2) is 29.3 Å². The van der Waals surface area contributed by atoms with E-state index < -0.39 is 9.84 Å². The fourth-order valence-corrected chi connectivity index (χ4v) is 6.87. The maximum absolute atomic E-state index is 11.9. The fraction of sp³-hybridized carbons (Fsp3) is 0.467. The molecule has 2 aliphatic rings. The zero-order valence-corrected chi connectivity index (χ0v) is 14.9. The van der Waals surface area contributed by atoms with Crippen molar-refractivity contribution in [2.75, 3.05) is 35.4 Å². The van der Waals surface area contributed by atoms with E-state index in [2.05, 4.69) is 4.99 Å². The first-order valence-electron chi connectivity index (χ1n) is 7.30. The van der Waals surface area contributed by atoms with Crippen LogP contribution in [-0.4, -0.2) is 56.4 Å². The number of carbonyl (C=O) groups excluding carboxylic acids is 1. The number of sulfone groups is 1. The first-order valence-corrected chi connectivity index (χ1v) is 10.00. The van der Waals surface area contributed by atoms with Crippen molar-refractivity contribution in [3.8, 4) is 0 Å². The zero-order valence-electron chi connectivity index (χ0n) is 13.3. The molecular formula is C15H19N3O3S2. The van der Waals surface area contributed by atoms with Gasteiger partial charge in [0.1, 0.15) is 0 Å². The van der Waals surface area contributed by atoms with Gasteiger partial charge in [0, 0.05) is 37.6 Å². The molecule has 2 aliphatic heterocycles. The number of amidine groups is 1. The van der Waals surface area contributed by atoms with Gasteiger partial charge in [-0.05, 0) is 24.3 Å². The molecular weight excluding hydrogens is 334 g/mol. The molecule has 0 spiro atoms. The van der Waals surface area contributed by atoms with Crippen LogP contribution in [0, 0.1) is 0 Å². The average molecular weight is 353 g/mol. The molecule has 0 aromatic heterocycles. The molecule has 0 saturated carbocycles. The minimum atomic E-state index is -3.03. The normalized spacial score (nSPS) is 27.3. The Kier molecular flexibility index (Phi) is 4.14. The predicted molar refractivity (Wildman–Crippen MR) is 95.2 cm³/mol. The van der Waals surface area contributed by atoms with Gasteiger partial charge in [-0.2, -0.15) is 4.99 Å². The van der Waals surface area contributed by atoms with Crippen LogP contribution in [0.3, 0.4) is 0 Å². The van der Waals surface area contributed by atoms with Crippen LogP contribution in [0.2, 0.25) is 0 Å². The Hall–Kier alpha value is -1.54. The van der Waals surface area contributed by atoms with Crippen molar-refractivity contribution in [2.45, 2.75) is 18.2 Å². The number of hydrogen-bond donors (Lipinski definition) is 0. The van der Waals surface area contributed by atoms with Gasteiger partial charge in [-0.15, -0.1) is 0 Å². The highest BCUT2D eigenvalue weighted by molar-refractivity contribution is 8.16. The Morgan fingerprint density at radius 2 is 1.91 bits per heavy atom. The molecule has 2 fully saturated rings. The second-order valence-electron chi connectivity index (χ2n) is 5.99. The summed E-state index contributed by atoms with van der Waals surface area (Å²) >= 11 is 1.39. The molecule has 2 heterocycles. The number of aliphatic imine (C=N–C) groups is 1. The molecule has 0 aliphatic carbocycles. The van der Waals surface area contributed by atoms with Crippen molar-refractivity contribution in [1.82, 2.24) is 0 Å². The van der Waals surface area contributed by atoms with Crippen LogP contribution in [0.4, 0.5) is 11.4 Å². The summed E-state index contributed by atoms with van der Waals surface area (Å²) < 4.78 is 23.9. The van der Waals surface area contributed by atoms with E-state index in [1.54, 1.807) is 0 Å². The van der Waals surface area contributed by atoms with Gasteiger partial charge >= 0.3 is 0 Å². The molecule has 1 amide bonds. The summed E-state index contributed by atoms with van der Waals surface area (Å²) in [7, 11) is 0.892. The molecule has 0 radical (unpaired) electrons. The fourth-order valence-electron chi connectivity index (χ4n) is 2.91. The Balaban J connectivity index is 1.99. The molecule has 124 valence electrons. The summed E-state index contributed by atoms with van der Waals surface area (Å²) in [5, 5.41) is 0.534. The summed E-state index contributed by atoms with van der Waals surface area (Å²) in [6.07, 6.45) is 0. The molecule has 1 aromatic rings. The van der Waals surface area contributed by atoms with Gasteiger partial charge in [-0.3, -0.25) is 4.79 Å². The number of carbonyl (C=O) groups is 1. The molecule has 0 bridgehead atoms. The number of anilines is 2. The van der Waals surface area contributed by atoms with E-state index in [-0.39, 0.29) is 28.7 Å². The number of nitrogens with zero attached hydrogens (tertiary/aromatic N) is 3. The minimum Gasteiger partial charge on any atom is -0.378 e. The molecule has 0 unspecified atom stereocenters. The molecule has 3 rings (SSSR count). The maximum atomic E-state index is 11.9. The summed E-state index contributed by atoms with van der Waals surface area (Å²) in [5.74, 6) is -0.0204. The van der Waals surface area contributed by atoms with Gasteiger partial charge in [0.25, 0.3) is 0 Å². The highest BCUT2D eigenvalue weighted by Gasteiger charge is 2.49. The number of thioether (sulfide) groups is 1. The summed E-state index contributed by atoms with van der Waals surface area (Å²) in [6, 6.07) is 7.68. The van der Waals surface area contributed by atoms with Crippen molar-refractivity contribution in [3.63, 3.8) is 0 Å². The lowest BCUT2D eigenvalue weighted by Gasteiger charge is -2.25. The topological polar surface area (TPSA) is 70.0 Å². The van der Waals surface area contributed by atoms with E-state index in [1.165, 1.54) is 18.7 Å². The van der Waals surface area contributed by atoms with Gasteiger partial charge < -0.3 is 9.80 Å². The Bertz CT molecular complexity index is 757. The van der Waals surface area contributed by atoms with Crippen molar-refractivity contribution in [2.24, 2.45) is 4.99 Å².